The molecule has 3 heterocycles. The average Bonchev–Trinajstić information content (AvgIpc) is 2.75. The molecule has 0 aliphatic carbocycles. The number of aromatic nitrogens is 2. The molecular formula is C24H25ClFN3O2. The van der Waals surface area contributed by atoms with Gasteiger partial charge < -0.3 is 4.90 Å². The summed E-state index contributed by atoms with van der Waals surface area (Å²) >= 11 is 6.04. The Labute approximate surface area is 185 Å². The molecule has 1 saturated heterocycles. The zero-order chi connectivity index (χ0) is 22.2. The van der Waals surface area contributed by atoms with Gasteiger partial charge in [-0.05, 0) is 75.7 Å². The van der Waals surface area contributed by atoms with Crippen LogP contribution >= 0.6 is 11.6 Å². The molecule has 2 aromatic heterocycles. The summed E-state index contributed by atoms with van der Waals surface area (Å²) in [5, 5.41) is 0.493. The number of ketones is 1. The third-order valence-corrected chi connectivity index (χ3v) is 6.60. The van der Waals surface area contributed by atoms with Crippen molar-refractivity contribution in [3.05, 3.63) is 80.6 Å². The standard InChI is InChI=1S/C24H25ClFN3O2/c1-16-20(23(31)29-15-18(25)5-8-21(29)27-16)9-12-28-13-10-24(2,11-14-28)22(30)17-3-6-19(26)7-4-17/h3-8,15H,9-14H2,1-2H3. The number of nitrogens with zero attached hydrogens (tertiary/aromatic N) is 3. The molecule has 0 spiro atoms. The number of fused-ring (bicyclic) bond motifs is 1. The quantitative estimate of drug-likeness (QED) is 0.553. The van der Waals surface area contributed by atoms with E-state index in [1.165, 1.54) is 16.5 Å². The van der Waals surface area contributed by atoms with E-state index in [-0.39, 0.29) is 17.2 Å². The highest BCUT2D eigenvalue weighted by Gasteiger charge is 2.37. The van der Waals surface area contributed by atoms with Gasteiger partial charge in [-0.25, -0.2) is 9.37 Å². The van der Waals surface area contributed by atoms with Crippen LogP contribution in [0.25, 0.3) is 5.65 Å². The number of likely N-dealkylation sites (tertiary alicyclic amines) is 1. The monoisotopic (exact) mass is 441 g/mol. The van der Waals surface area contributed by atoms with Gasteiger partial charge in [0.25, 0.3) is 5.56 Å². The Morgan fingerprint density at radius 1 is 1.16 bits per heavy atom. The summed E-state index contributed by atoms with van der Waals surface area (Å²) in [5.41, 5.74) is 2.03. The highest BCUT2D eigenvalue weighted by Crippen LogP contribution is 2.34. The minimum Gasteiger partial charge on any atom is -0.303 e. The van der Waals surface area contributed by atoms with E-state index in [4.69, 9.17) is 11.6 Å². The topological polar surface area (TPSA) is 54.7 Å². The number of hydrogen-bond acceptors (Lipinski definition) is 4. The van der Waals surface area contributed by atoms with Gasteiger partial charge >= 0.3 is 0 Å². The Bertz CT molecular complexity index is 1180. The summed E-state index contributed by atoms with van der Waals surface area (Å²) in [5.74, 6) is -0.273. The van der Waals surface area contributed by atoms with Crippen LogP contribution in [0.1, 0.15) is 41.4 Å². The Hall–Kier alpha value is -2.57. The van der Waals surface area contributed by atoms with Gasteiger partial charge in [0.15, 0.2) is 5.78 Å². The maximum absolute atomic E-state index is 13.2. The number of benzene rings is 1. The van der Waals surface area contributed by atoms with Gasteiger partial charge in [0, 0.05) is 35.0 Å². The van der Waals surface area contributed by atoms with Gasteiger partial charge in [-0.1, -0.05) is 18.5 Å². The number of piperidine rings is 1. The molecular weight excluding hydrogens is 417 g/mol. The van der Waals surface area contributed by atoms with Crippen LogP contribution in [0.15, 0.2) is 47.4 Å². The lowest BCUT2D eigenvalue weighted by Crippen LogP contribution is -2.43. The maximum atomic E-state index is 13.2. The van der Waals surface area contributed by atoms with Crippen LogP contribution in [0, 0.1) is 18.2 Å². The summed E-state index contributed by atoms with van der Waals surface area (Å²) in [4.78, 5) is 32.7. The third-order valence-electron chi connectivity index (χ3n) is 6.38. The number of hydrogen-bond donors (Lipinski definition) is 0. The van der Waals surface area contributed by atoms with Crippen LogP contribution in [0.4, 0.5) is 4.39 Å². The Balaban J connectivity index is 1.42. The first-order valence-electron chi connectivity index (χ1n) is 10.5. The van der Waals surface area contributed by atoms with Crippen molar-refractivity contribution < 1.29 is 9.18 Å². The van der Waals surface area contributed by atoms with Crippen molar-refractivity contribution in [3.63, 3.8) is 0 Å². The minimum absolute atomic E-state index is 0.0665. The Kier molecular flexibility index (Phi) is 5.95. The molecule has 0 radical (unpaired) electrons. The zero-order valence-electron chi connectivity index (χ0n) is 17.7. The number of carbonyl (C=O) groups excluding carboxylic acids is 1. The highest BCUT2D eigenvalue weighted by atomic mass is 35.5. The molecule has 4 rings (SSSR count). The number of pyridine rings is 1. The molecule has 0 N–H and O–H groups in total. The van der Waals surface area contributed by atoms with Crippen LogP contribution in [-0.2, 0) is 6.42 Å². The van der Waals surface area contributed by atoms with E-state index in [1.807, 2.05) is 13.8 Å². The fraction of sp³-hybridized carbons (Fsp3) is 0.375. The van der Waals surface area contributed by atoms with E-state index in [2.05, 4.69) is 9.88 Å². The lowest BCUT2D eigenvalue weighted by atomic mass is 9.74. The maximum Gasteiger partial charge on any atom is 0.261 e. The smallest absolute Gasteiger partial charge is 0.261 e. The summed E-state index contributed by atoms with van der Waals surface area (Å²) in [6.07, 6.45) is 3.65. The first-order valence-corrected chi connectivity index (χ1v) is 10.8. The molecule has 3 aromatic rings. The number of halogens is 2. The van der Waals surface area contributed by atoms with Crippen molar-refractivity contribution in [3.8, 4) is 0 Å². The van der Waals surface area contributed by atoms with Gasteiger partial charge in [-0.3, -0.25) is 14.0 Å². The van der Waals surface area contributed by atoms with Crippen molar-refractivity contribution >= 4 is 23.0 Å². The number of aryl methyl sites for hydroxylation is 1. The van der Waals surface area contributed by atoms with Gasteiger partial charge in [0.05, 0.1) is 5.02 Å². The SMILES string of the molecule is Cc1nc2ccc(Cl)cn2c(=O)c1CCN1CCC(C)(C(=O)c2ccc(F)cc2)CC1. The summed E-state index contributed by atoms with van der Waals surface area (Å²) in [6.45, 7) is 6.13. The second kappa shape index (κ2) is 8.52. The van der Waals surface area contributed by atoms with E-state index in [0.29, 0.717) is 28.2 Å². The Morgan fingerprint density at radius 2 is 1.84 bits per heavy atom. The van der Waals surface area contributed by atoms with E-state index < -0.39 is 5.41 Å². The molecule has 1 fully saturated rings. The molecule has 0 amide bonds. The average molecular weight is 442 g/mol. The van der Waals surface area contributed by atoms with Crippen LogP contribution in [0.3, 0.4) is 0 Å². The molecule has 1 aliphatic rings. The van der Waals surface area contributed by atoms with E-state index in [0.717, 1.165) is 38.2 Å². The summed E-state index contributed by atoms with van der Waals surface area (Å²) in [7, 11) is 0. The second-order valence-corrected chi connectivity index (χ2v) is 8.98. The molecule has 0 bridgehead atoms. The summed E-state index contributed by atoms with van der Waals surface area (Å²) < 4.78 is 14.7. The minimum atomic E-state index is -0.453. The number of carbonyl (C=O) groups is 1. The van der Waals surface area contributed by atoms with E-state index >= 15 is 0 Å². The predicted molar refractivity (Wildman–Crippen MR) is 119 cm³/mol. The lowest BCUT2D eigenvalue weighted by molar-refractivity contribution is 0.0647. The van der Waals surface area contributed by atoms with Crippen LogP contribution in [0.2, 0.25) is 5.02 Å². The van der Waals surface area contributed by atoms with Gasteiger partial charge in [0.1, 0.15) is 11.5 Å². The van der Waals surface area contributed by atoms with Crippen LogP contribution in [0.5, 0.6) is 0 Å². The normalized spacial score (nSPS) is 16.5. The van der Waals surface area contributed by atoms with Crippen molar-refractivity contribution in [2.45, 2.75) is 33.1 Å². The van der Waals surface area contributed by atoms with Crippen LogP contribution in [-0.4, -0.2) is 39.7 Å². The fourth-order valence-corrected chi connectivity index (χ4v) is 4.43. The second-order valence-electron chi connectivity index (χ2n) is 8.54. The van der Waals surface area contributed by atoms with Gasteiger partial charge in [-0.15, -0.1) is 0 Å². The molecule has 0 unspecified atom stereocenters. The van der Waals surface area contributed by atoms with Gasteiger partial charge in [0.2, 0.25) is 0 Å². The molecule has 31 heavy (non-hydrogen) atoms. The van der Waals surface area contributed by atoms with Crippen molar-refractivity contribution in [1.29, 1.82) is 0 Å². The molecule has 1 aromatic carbocycles. The van der Waals surface area contributed by atoms with Gasteiger partial charge in [-0.2, -0.15) is 0 Å². The van der Waals surface area contributed by atoms with Crippen molar-refractivity contribution in [2.75, 3.05) is 19.6 Å². The van der Waals surface area contributed by atoms with Crippen LogP contribution < -0.4 is 5.56 Å². The molecule has 5 nitrogen and oxygen atoms in total. The third kappa shape index (κ3) is 4.41. The summed E-state index contributed by atoms with van der Waals surface area (Å²) in [6, 6.07) is 9.24. The van der Waals surface area contributed by atoms with E-state index in [1.54, 1.807) is 30.5 Å². The number of rotatable bonds is 5. The first kappa shape index (κ1) is 21.7. The first-order chi connectivity index (χ1) is 14.8. The molecule has 1 aliphatic heterocycles. The molecule has 7 heteroatoms. The van der Waals surface area contributed by atoms with E-state index in [9.17, 15) is 14.0 Å². The van der Waals surface area contributed by atoms with Crippen molar-refractivity contribution in [1.82, 2.24) is 14.3 Å². The highest BCUT2D eigenvalue weighted by molar-refractivity contribution is 6.30. The molecule has 0 atom stereocenters. The molecule has 0 saturated carbocycles. The lowest BCUT2D eigenvalue weighted by Gasteiger charge is -2.38. The zero-order valence-corrected chi connectivity index (χ0v) is 18.5. The fourth-order valence-electron chi connectivity index (χ4n) is 4.26. The van der Waals surface area contributed by atoms with Crippen molar-refractivity contribution in [2.24, 2.45) is 5.41 Å². The number of Topliss-reactive ketones (excluding diaryl/α,β-unsaturated/α-hetero) is 1. The Morgan fingerprint density at radius 3 is 2.52 bits per heavy atom. The largest absolute Gasteiger partial charge is 0.303 e. The molecule has 162 valence electrons. The predicted octanol–water partition coefficient (Wildman–Crippen LogP) is 4.32.